The summed E-state index contributed by atoms with van der Waals surface area (Å²) < 4.78 is 21.5. The van der Waals surface area contributed by atoms with E-state index in [2.05, 4.69) is 45.3 Å². The monoisotopic (exact) mass is 574 g/mol. The maximum absolute atomic E-state index is 14.0. The summed E-state index contributed by atoms with van der Waals surface area (Å²) in [6.45, 7) is 7.97. The minimum absolute atomic E-state index is 0.0276. The Hall–Kier alpha value is -3.46. The highest BCUT2D eigenvalue weighted by molar-refractivity contribution is 7.13. The van der Waals surface area contributed by atoms with Crippen molar-refractivity contribution in [2.24, 2.45) is 0 Å². The van der Waals surface area contributed by atoms with Crippen LogP contribution < -0.4 is 10.6 Å². The normalized spacial score (nSPS) is 11.5. The molecule has 14 heteroatoms. The number of hydrogen-bond acceptors (Lipinski definition) is 8. The van der Waals surface area contributed by atoms with Crippen LogP contribution >= 0.6 is 22.7 Å². The summed E-state index contributed by atoms with van der Waals surface area (Å²) in [7, 11) is -1.16. The minimum atomic E-state index is -1.17. The molecule has 0 bridgehead atoms. The van der Waals surface area contributed by atoms with E-state index in [1.807, 2.05) is 6.20 Å². The molecule has 0 aliphatic carbocycles. The second-order valence-electron chi connectivity index (χ2n) is 9.58. The maximum atomic E-state index is 14.0. The zero-order chi connectivity index (χ0) is 27.3. The fourth-order valence-corrected chi connectivity index (χ4v) is 5.55. The van der Waals surface area contributed by atoms with Gasteiger partial charge in [0.1, 0.15) is 28.3 Å². The van der Waals surface area contributed by atoms with E-state index in [1.54, 1.807) is 21.6 Å². The molecule has 1 aromatic carbocycles. The third-order valence-electron chi connectivity index (χ3n) is 5.29. The van der Waals surface area contributed by atoms with Crippen LogP contribution in [-0.4, -0.2) is 51.5 Å². The van der Waals surface area contributed by atoms with Crippen molar-refractivity contribution in [3.8, 4) is 21.8 Å². The largest absolute Gasteiger partial charge is 0.465 e. The van der Waals surface area contributed by atoms with Gasteiger partial charge in [-0.05, 0) is 24.2 Å². The molecule has 3 heterocycles. The summed E-state index contributed by atoms with van der Waals surface area (Å²) in [6, 6.07) is 5.04. The zero-order valence-corrected chi connectivity index (χ0v) is 23.7. The predicted molar refractivity (Wildman–Crippen MR) is 148 cm³/mol. The molecule has 200 valence electrons. The van der Waals surface area contributed by atoms with E-state index in [0.717, 1.165) is 11.6 Å². The third-order valence-corrected chi connectivity index (χ3v) is 8.73. The summed E-state index contributed by atoms with van der Waals surface area (Å²) in [5.41, 5.74) is 2.14. The van der Waals surface area contributed by atoms with Gasteiger partial charge in [0.25, 0.3) is 5.91 Å². The number of nitrogens with one attached hydrogen (secondary N) is 2. The Morgan fingerprint density at radius 2 is 2.00 bits per heavy atom. The lowest BCUT2D eigenvalue weighted by Crippen LogP contribution is -2.22. The summed E-state index contributed by atoms with van der Waals surface area (Å²) in [5, 5.41) is 22.6. The number of benzene rings is 1. The molecule has 0 fully saturated rings. The Balaban J connectivity index is 1.42. The topological polar surface area (TPSA) is 131 Å². The van der Waals surface area contributed by atoms with E-state index in [-0.39, 0.29) is 12.2 Å². The fourth-order valence-electron chi connectivity index (χ4n) is 3.28. The fraction of sp³-hybridized carbons (Fsp3) is 0.292. The van der Waals surface area contributed by atoms with Crippen molar-refractivity contribution in [2.45, 2.75) is 39.0 Å². The molecule has 0 unspecified atom stereocenters. The average molecular weight is 575 g/mol. The zero-order valence-electron chi connectivity index (χ0n) is 21.0. The van der Waals surface area contributed by atoms with Gasteiger partial charge in [-0.3, -0.25) is 4.79 Å². The molecule has 4 aromatic rings. The molecule has 3 aromatic heterocycles. The van der Waals surface area contributed by atoms with Gasteiger partial charge in [-0.15, -0.1) is 22.7 Å². The van der Waals surface area contributed by atoms with E-state index in [0.29, 0.717) is 40.3 Å². The predicted octanol–water partition coefficient (Wildman–Crippen LogP) is 5.60. The van der Waals surface area contributed by atoms with E-state index >= 15 is 0 Å². The van der Waals surface area contributed by atoms with Crippen molar-refractivity contribution in [1.82, 2.24) is 25.1 Å². The Bertz CT molecular complexity index is 1430. The van der Waals surface area contributed by atoms with Gasteiger partial charge in [-0.2, -0.15) is 5.10 Å². The molecular formula is C24H27FN6O4S2Si. The van der Waals surface area contributed by atoms with Crippen LogP contribution in [0.1, 0.15) is 15.5 Å². The first-order valence-electron chi connectivity index (χ1n) is 11.7. The van der Waals surface area contributed by atoms with Crippen LogP contribution in [-0.2, 0) is 18.0 Å². The number of halogens is 1. The second-order valence-corrected chi connectivity index (χ2v) is 17.0. The van der Waals surface area contributed by atoms with Gasteiger partial charge < -0.3 is 20.5 Å². The minimum Gasteiger partial charge on any atom is -0.465 e. The van der Waals surface area contributed by atoms with Gasteiger partial charge >= 0.3 is 6.09 Å². The SMILES string of the molecule is C[Si](C)(C)CCOCn1cc(-c2nc(C(=O)Nc3ccc(F)cc3-c3csc(CNC(=O)O)n3)cs2)cn1. The molecule has 10 nitrogen and oxygen atoms in total. The van der Waals surface area contributed by atoms with Crippen LogP contribution in [0.5, 0.6) is 0 Å². The second kappa shape index (κ2) is 11.9. The number of hydrogen-bond donors (Lipinski definition) is 3. The maximum Gasteiger partial charge on any atom is 0.405 e. The van der Waals surface area contributed by atoms with Crippen molar-refractivity contribution in [2.75, 3.05) is 11.9 Å². The van der Waals surface area contributed by atoms with Gasteiger partial charge in [-0.25, -0.2) is 23.8 Å². The third kappa shape index (κ3) is 7.53. The van der Waals surface area contributed by atoms with Gasteiger partial charge in [0.15, 0.2) is 0 Å². The smallest absolute Gasteiger partial charge is 0.405 e. The van der Waals surface area contributed by atoms with Gasteiger partial charge in [0.2, 0.25) is 0 Å². The molecule has 0 atom stereocenters. The number of ether oxygens (including phenoxy) is 1. The quantitative estimate of drug-likeness (QED) is 0.157. The Labute approximate surface area is 227 Å². The highest BCUT2D eigenvalue weighted by atomic mass is 32.1. The highest BCUT2D eigenvalue weighted by Crippen LogP contribution is 2.31. The van der Waals surface area contributed by atoms with Gasteiger partial charge in [0, 0.05) is 42.8 Å². The van der Waals surface area contributed by atoms with Crippen LogP contribution in [0.2, 0.25) is 25.7 Å². The number of aromatic nitrogens is 4. The average Bonchev–Trinajstić information content (AvgIpc) is 3.61. The number of carbonyl (C=O) groups is 2. The first-order chi connectivity index (χ1) is 18.1. The number of anilines is 1. The molecule has 2 amide bonds. The Kier molecular flexibility index (Phi) is 8.66. The molecule has 0 saturated heterocycles. The molecule has 0 radical (unpaired) electrons. The molecule has 3 N–H and O–H groups in total. The van der Waals surface area contributed by atoms with E-state index < -0.39 is 25.9 Å². The summed E-state index contributed by atoms with van der Waals surface area (Å²) >= 11 is 2.54. The molecule has 0 aliphatic heterocycles. The Morgan fingerprint density at radius 1 is 1.18 bits per heavy atom. The molecule has 38 heavy (non-hydrogen) atoms. The standard InChI is InChI=1S/C24H27FN6O4S2Si/c1-38(2,3)7-6-35-14-31-11-15(9-27-31)23-30-20(13-37-23)22(32)29-18-5-4-16(25)8-17(18)19-12-36-21(28-19)10-26-24(33)34/h4-5,8-9,11-13,26H,6-7,10,14H2,1-3H3,(H,29,32)(H,33,34). The number of carboxylic acid groups (broad SMARTS) is 1. The molecule has 0 aliphatic rings. The lowest BCUT2D eigenvalue weighted by Gasteiger charge is -2.15. The van der Waals surface area contributed by atoms with Crippen molar-refractivity contribution >= 4 is 48.4 Å². The van der Waals surface area contributed by atoms with Crippen molar-refractivity contribution in [3.05, 3.63) is 57.9 Å². The first kappa shape index (κ1) is 27.6. The molecular weight excluding hydrogens is 548 g/mol. The molecule has 4 rings (SSSR count). The number of carbonyl (C=O) groups excluding carboxylic acids is 1. The van der Waals surface area contributed by atoms with Crippen LogP contribution in [0.25, 0.3) is 21.8 Å². The lowest BCUT2D eigenvalue weighted by atomic mass is 10.1. The number of amides is 2. The molecule has 0 spiro atoms. The van der Waals surface area contributed by atoms with Crippen molar-refractivity contribution in [1.29, 1.82) is 0 Å². The number of thiazole rings is 2. The van der Waals surface area contributed by atoms with Gasteiger partial charge in [-0.1, -0.05) is 19.6 Å². The van der Waals surface area contributed by atoms with Crippen LogP contribution in [0.15, 0.2) is 41.4 Å². The molecule has 0 saturated carbocycles. The number of nitrogens with zero attached hydrogens (tertiary/aromatic N) is 4. The van der Waals surface area contributed by atoms with Gasteiger partial charge in [0.05, 0.1) is 24.1 Å². The van der Waals surface area contributed by atoms with Crippen molar-refractivity contribution < 1.29 is 23.8 Å². The van der Waals surface area contributed by atoms with E-state index in [1.165, 1.54) is 40.9 Å². The van der Waals surface area contributed by atoms with E-state index in [4.69, 9.17) is 9.84 Å². The van der Waals surface area contributed by atoms with Crippen LogP contribution in [0.4, 0.5) is 14.9 Å². The summed E-state index contributed by atoms with van der Waals surface area (Å²) in [6.07, 6.45) is 2.34. The summed E-state index contributed by atoms with van der Waals surface area (Å²) in [5.74, 6) is -0.945. The van der Waals surface area contributed by atoms with Crippen LogP contribution in [0, 0.1) is 5.82 Å². The Morgan fingerprint density at radius 3 is 2.76 bits per heavy atom. The first-order valence-corrected chi connectivity index (χ1v) is 17.1. The van der Waals surface area contributed by atoms with Crippen LogP contribution in [0.3, 0.4) is 0 Å². The highest BCUT2D eigenvalue weighted by Gasteiger charge is 2.18. The summed E-state index contributed by atoms with van der Waals surface area (Å²) in [4.78, 5) is 32.5. The van der Waals surface area contributed by atoms with Crippen molar-refractivity contribution in [3.63, 3.8) is 0 Å². The van der Waals surface area contributed by atoms with E-state index in [9.17, 15) is 14.0 Å². The lowest BCUT2D eigenvalue weighted by molar-refractivity contribution is 0.0786. The number of rotatable bonds is 11.